The largest absolute Gasteiger partial charge is 0.381 e. The van der Waals surface area contributed by atoms with E-state index < -0.39 is 0 Å². The Kier molecular flexibility index (Phi) is 6.03. The van der Waals surface area contributed by atoms with Crippen LogP contribution >= 0.6 is 0 Å². The van der Waals surface area contributed by atoms with E-state index in [1.165, 1.54) is 24.8 Å². The smallest absolute Gasteiger partial charge is 0.0594 e. The Morgan fingerprint density at radius 3 is 2.44 bits per heavy atom. The van der Waals surface area contributed by atoms with Crippen molar-refractivity contribution in [3.05, 3.63) is 35.9 Å². The standard InChI is InChI=1S/C21H32N2O2/c1-2-4-17(5-3-1)14-20(18-6-7-18)22-15-21(19-8-11-25-16-19)23-9-12-24-13-10-23/h1-5,18-22H,6-16H2/t19-,20-,21+/m0/s1. The highest BCUT2D eigenvalue weighted by Crippen LogP contribution is 2.34. The van der Waals surface area contributed by atoms with E-state index in [0.29, 0.717) is 18.0 Å². The number of ether oxygens (including phenoxy) is 2. The zero-order valence-corrected chi connectivity index (χ0v) is 15.2. The van der Waals surface area contributed by atoms with E-state index in [4.69, 9.17) is 9.47 Å². The number of nitrogens with one attached hydrogen (secondary N) is 1. The van der Waals surface area contributed by atoms with Gasteiger partial charge in [0.2, 0.25) is 0 Å². The van der Waals surface area contributed by atoms with Crippen LogP contribution in [0.3, 0.4) is 0 Å². The third kappa shape index (κ3) is 4.82. The van der Waals surface area contributed by atoms with Crippen LogP contribution in [0.4, 0.5) is 0 Å². The zero-order valence-electron chi connectivity index (χ0n) is 15.2. The van der Waals surface area contributed by atoms with Gasteiger partial charge in [0.05, 0.1) is 19.8 Å². The van der Waals surface area contributed by atoms with Crippen molar-refractivity contribution in [1.82, 2.24) is 10.2 Å². The summed E-state index contributed by atoms with van der Waals surface area (Å²) in [4.78, 5) is 2.64. The molecule has 4 rings (SSSR count). The van der Waals surface area contributed by atoms with Crippen LogP contribution in [-0.2, 0) is 15.9 Å². The molecule has 4 nitrogen and oxygen atoms in total. The van der Waals surface area contributed by atoms with Gasteiger partial charge in [-0.15, -0.1) is 0 Å². The van der Waals surface area contributed by atoms with Crippen molar-refractivity contribution in [1.29, 1.82) is 0 Å². The van der Waals surface area contributed by atoms with E-state index in [-0.39, 0.29) is 0 Å². The SMILES string of the molecule is c1ccc(C[C@H](NC[C@H]([C@H]2CCOC2)N2CCOCC2)C2CC2)cc1. The fourth-order valence-electron chi connectivity index (χ4n) is 4.40. The third-order valence-electron chi connectivity index (χ3n) is 6.10. The van der Waals surface area contributed by atoms with E-state index in [1.807, 2.05) is 0 Å². The monoisotopic (exact) mass is 344 g/mol. The van der Waals surface area contributed by atoms with E-state index in [1.54, 1.807) is 0 Å². The summed E-state index contributed by atoms with van der Waals surface area (Å²) in [6, 6.07) is 12.2. The van der Waals surface area contributed by atoms with Crippen molar-refractivity contribution in [2.45, 2.75) is 37.8 Å². The van der Waals surface area contributed by atoms with Crippen molar-refractivity contribution in [2.75, 3.05) is 46.1 Å². The van der Waals surface area contributed by atoms with Crippen LogP contribution in [0.2, 0.25) is 0 Å². The molecular weight excluding hydrogens is 312 g/mol. The molecular formula is C21H32N2O2. The summed E-state index contributed by atoms with van der Waals surface area (Å²) in [5.74, 6) is 1.53. The summed E-state index contributed by atoms with van der Waals surface area (Å²) in [5, 5.41) is 3.97. The van der Waals surface area contributed by atoms with Gasteiger partial charge in [0.1, 0.15) is 0 Å². The lowest BCUT2D eigenvalue weighted by Crippen LogP contribution is -2.53. The molecule has 1 N–H and O–H groups in total. The Bertz CT molecular complexity index is 508. The summed E-state index contributed by atoms with van der Waals surface area (Å²) in [5.41, 5.74) is 1.46. The average Bonchev–Trinajstić information content (AvgIpc) is 3.38. The van der Waals surface area contributed by atoms with Crippen LogP contribution < -0.4 is 5.32 Å². The van der Waals surface area contributed by atoms with Gasteiger partial charge in [-0.2, -0.15) is 0 Å². The highest BCUT2D eigenvalue weighted by molar-refractivity contribution is 5.16. The summed E-state index contributed by atoms with van der Waals surface area (Å²) in [7, 11) is 0. The molecule has 3 fully saturated rings. The van der Waals surface area contributed by atoms with Crippen LogP contribution in [0.5, 0.6) is 0 Å². The quantitative estimate of drug-likeness (QED) is 0.785. The van der Waals surface area contributed by atoms with Gasteiger partial charge < -0.3 is 14.8 Å². The first-order valence-corrected chi connectivity index (χ1v) is 10.1. The molecule has 3 aliphatic rings. The zero-order chi connectivity index (χ0) is 16.9. The molecule has 2 heterocycles. The van der Waals surface area contributed by atoms with Crippen molar-refractivity contribution in [2.24, 2.45) is 11.8 Å². The van der Waals surface area contributed by atoms with Gasteiger partial charge in [-0.25, -0.2) is 0 Å². The number of morpholine rings is 1. The molecule has 0 amide bonds. The van der Waals surface area contributed by atoms with Gasteiger partial charge in [-0.3, -0.25) is 4.90 Å². The Hall–Kier alpha value is -0.940. The normalized spacial score (nSPS) is 27.3. The van der Waals surface area contributed by atoms with Crippen LogP contribution in [0.25, 0.3) is 0 Å². The number of benzene rings is 1. The molecule has 0 aromatic heterocycles. The summed E-state index contributed by atoms with van der Waals surface area (Å²) in [6.45, 7) is 6.83. The minimum atomic E-state index is 0.587. The lowest BCUT2D eigenvalue weighted by Gasteiger charge is -2.38. The topological polar surface area (TPSA) is 33.7 Å². The minimum absolute atomic E-state index is 0.587. The molecule has 138 valence electrons. The molecule has 3 atom stereocenters. The second-order valence-corrected chi connectivity index (χ2v) is 7.88. The maximum absolute atomic E-state index is 5.71. The number of rotatable bonds is 8. The van der Waals surface area contributed by atoms with Gasteiger partial charge >= 0.3 is 0 Å². The summed E-state index contributed by atoms with van der Waals surface area (Å²) < 4.78 is 11.3. The number of hydrogen-bond acceptors (Lipinski definition) is 4. The second kappa shape index (κ2) is 8.63. The molecule has 0 bridgehead atoms. The fourth-order valence-corrected chi connectivity index (χ4v) is 4.40. The lowest BCUT2D eigenvalue weighted by molar-refractivity contribution is 0.000652. The Morgan fingerprint density at radius 2 is 1.76 bits per heavy atom. The molecule has 0 radical (unpaired) electrons. The molecule has 1 saturated carbocycles. The maximum atomic E-state index is 5.71. The van der Waals surface area contributed by atoms with Crippen LogP contribution in [-0.4, -0.2) is 63.0 Å². The van der Waals surface area contributed by atoms with E-state index in [9.17, 15) is 0 Å². The summed E-state index contributed by atoms with van der Waals surface area (Å²) >= 11 is 0. The average molecular weight is 344 g/mol. The third-order valence-corrected chi connectivity index (χ3v) is 6.10. The molecule has 1 aromatic rings. The van der Waals surface area contributed by atoms with Crippen molar-refractivity contribution in [3.8, 4) is 0 Å². The number of hydrogen-bond donors (Lipinski definition) is 1. The fraction of sp³-hybridized carbons (Fsp3) is 0.714. The van der Waals surface area contributed by atoms with Crippen molar-refractivity contribution >= 4 is 0 Å². The molecule has 0 unspecified atom stereocenters. The Balaban J connectivity index is 1.37. The first kappa shape index (κ1) is 17.5. The Labute approximate surface area is 151 Å². The van der Waals surface area contributed by atoms with Gasteiger partial charge in [-0.05, 0) is 37.2 Å². The molecule has 25 heavy (non-hydrogen) atoms. The Morgan fingerprint density at radius 1 is 0.960 bits per heavy atom. The van der Waals surface area contributed by atoms with E-state index in [2.05, 4.69) is 40.5 Å². The molecule has 1 aromatic carbocycles. The minimum Gasteiger partial charge on any atom is -0.381 e. The molecule has 0 spiro atoms. The number of nitrogens with zero attached hydrogens (tertiary/aromatic N) is 1. The molecule has 1 aliphatic carbocycles. The van der Waals surface area contributed by atoms with Gasteiger partial charge in [0, 0.05) is 44.2 Å². The van der Waals surface area contributed by atoms with Crippen LogP contribution in [0.1, 0.15) is 24.8 Å². The summed E-state index contributed by atoms with van der Waals surface area (Å²) in [6.07, 6.45) is 5.14. The van der Waals surface area contributed by atoms with Gasteiger partial charge in [0.15, 0.2) is 0 Å². The predicted octanol–water partition coefficient (Wildman–Crippen LogP) is 2.33. The van der Waals surface area contributed by atoms with Crippen molar-refractivity contribution in [3.63, 3.8) is 0 Å². The first-order valence-electron chi connectivity index (χ1n) is 10.1. The lowest BCUT2D eigenvalue weighted by atomic mass is 9.95. The highest BCUT2D eigenvalue weighted by atomic mass is 16.5. The highest BCUT2D eigenvalue weighted by Gasteiger charge is 2.35. The molecule has 4 heteroatoms. The second-order valence-electron chi connectivity index (χ2n) is 7.88. The van der Waals surface area contributed by atoms with E-state index in [0.717, 1.165) is 58.4 Å². The van der Waals surface area contributed by atoms with E-state index >= 15 is 0 Å². The first-order chi connectivity index (χ1) is 12.4. The maximum Gasteiger partial charge on any atom is 0.0594 e. The molecule has 2 saturated heterocycles. The van der Waals surface area contributed by atoms with Gasteiger partial charge in [-0.1, -0.05) is 30.3 Å². The van der Waals surface area contributed by atoms with Crippen LogP contribution in [0.15, 0.2) is 30.3 Å². The van der Waals surface area contributed by atoms with Crippen LogP contribution in [0, 0.1) is 11.8 Å². The van der Waals surface area contributed by atoms with Crippen molar-refractivity contribution < 1.29 is 9.47 Å². The molecule has 2 aliphatic heterocycles. The predicted molar refractivity (Wildman–Crippen MR) is 99.8 cm³/mol. The van der Waals surface area contributed by atoms with Gasteiger partial charge in [0.25, 0.3) is 0 Å².